The predicted octanol–water partition coefficient (Wildman–Crippen LogP) is 3.00. The highest BCUT2D eigenvalue weighted by atomic mass is 35.5. The van der Waals surface area contributed by atoms with Crippen molar-refractivity contribution in [1.29, 1.82) is 0 Å². The molecule has 1 saturated heterocycles. The lowest BCUT2D eigenvalue weighted by molar-refractivity contribution is 0.0693. The van der Waals surface area contributed by atoms with Gasteiger partial charge < -0.3 is 10.5 Å². The Labute approximate surface area is 127 Å². The standard InChI is InChI=1S/C15H16ClN3O2/c16-11-4-1-3-10(7-11)13-9-19(18-15(13)17)14(20)8-12-5-2-6-21-12/h1,3-4,7,9,12H,2,5-6,8H2,(H2,17,18). The molecule has 1 aliphatic heterocycles. The van der Waals surface area contributed by atoms with Crippen molar-refractivity contribution in [2.45, 2.75) is 25.4 Å². The normalized spacial score (nSPS) is 18.0. The Kier molecular flexibility index (Phi) is 3.94. The van der Waals surface area contributed by atoms with Crippen molar-refractivity contribution in [3.8, 4) is 11.1 Å². The number of rotatable bonds is 3. The maximum absolute atomic E-state index is 12.2. The molecule has 5 nitrogen and oxygen atoms in total. The summed E-state index contributed by atoms with van der Waals surface area (Å²) in [4.78, 5) is 12.2. The fraction of sp³-hybridized carbons (Fsp3) is 0.333. The number of hydrogen-bond acceptors (Lipinski definition) is 4. The Morgan fingerprint density at radius 2 is 2.38 bits per heavy atom. The van der Waals surface area contributed by atoms with E-state index in [1.807, 2.05) is 12.1 Å². The fourth-order valence-corrected chi connectivity index (χ4v) is 2.68. The van der Waals surface area contributed by atoms with E-state index < -0.39 is 0 Å². The number of benzene rings is 1. The van der Waals surface area contributed by atoms with Crippen LogP contribution in [-0.2, 0) is 4.74 Å². The summed E-state index contributed by atoms with van der Waals surface area (Å²) in [5.41, 5.74) is 7.46. The van der Waals surface area contributed by atoms with Crippen molar-refractivity contribution in [2.24, 2.45) is 0 Å². The monoisotopic (exact) mass is 305 g/mol. The molecule has 1 aliphatic rings. The Balaban J connectivity index is 1.82. The summed E-state index contributed by atoms with van der Waals surface area (Å²) in [6, 6.07) is 7.30. The number of carbonyl (C=O) groups is 1. The molecule has 2 aromatic rings. The van der Waals surface area contributed by atoms with Crippen molar-refractivity contribution in [3.05, 3.63) is 35.5 Å². The van der Waals surface area contributed by atoms with E-state index in [0.717, 1.165) is 25.0 Å². The Hall–Kier alpha value is -1.85. The van der Waals surface area contributed by atoms with E-state index in [1.54, 1.807) is 18.3 Å². The van der Waals surface area contributed by atoms with Gasteiger partial charge in [0.15, 0.2) is 5.82 Å². The van der Waals surface area contributed by atoms with Gasteiger partial charge in [-0.15, -0.1) is 5.10 Å². The summed E-state index contributed by atoms with van der Waals surface area (Å²) in [6.07, 6.45) is 3.91. The summed E-state index contributed by atoms with van der Waals surface area (Å²) in [5, 5.41) is 4.72. The second-order valence-electron chi connectivity index (χ2n) is 5.12. The number of aromatic nitrogens is 2. The van der Waals surface area contributed by atoms with Crippen LogP contribution in [0.1, 0.15) is 24.1 Å². The van der Waals surface area contributed by atoms with Gasteiger partial charge in [-0.1, -0.05) is 23.7 Å². The number of nitrogens with two attached hydrogens (primary N) is 1. The first kappa shape index (κ1) is 14.1. The summed E-state index contributed by atoms with van der Waals surface area (Å²) < 4.78 is 6.77. The first-order valence-corrected chi connectivity index (χ1v) is 7.27. The van der Waals surface area contributed by atoms with E-state index in [9.17, 15) is 4.79 Å². The van der Waals surface area contributed by atoms with Crippen molar-refractivity contribution < 1.29 is 9.53 Å². The molecule has 0 amide bonds. The van der Waals surface area contributed by atoms with E-state index >= 15 is 0 Å². The lowest BCUT2D eigenvalue weighted by Gasteiger charge is -2.07. The van der Waals surface area contributed by atoms with Gasteiger partial charge in [-0.2, -0.15) is 0 Å². The van der Waals surface area contributed by atoms with Crippen molar-refractivity contribution >= 4 is 23.3 Å². The number of hydrogen-bond donors (Lipinski definition) is 1. The third-order valence-electron chi connectivity index (χ3n) is 3.56. The van der Waals surface area contributed by atoms with Gasteiger partial charge in [0, 0.05) is 23.4 Å². The number of nitrogen functional groups attached to an aromatic ring is 1. The number of anilines is 1. The summed E-state index contributed by atoms with van der Waals surface area (Å²) in [7, 11) is 0. The van der Waals surface area contributed by atoms with Gasteiger partial charge in [-0.3, -0.25) is 4.79 Å². The van der Waals surface area contributed by atoms with E-state index in [-0.39, 0.29) is 12.0 Å². The zero-order valence-corrected chi connectivity index (χ0v) is 12.2. The molecule has 0 bridgehead atoms. The zero-order chi connectivity index (χ0) is 14.8. The van der Waals surface area contributed by atoms with Gasteiger partial charge >= 0.3 is 0 Å². The van der Waals surface area contributed by atoms with Crippen LogP contribution in [0.15, 0.2) is 30.5 Å². The van der Waals surface area contributed by atoms with Gasteiger partial charge in [0.2, 0.25) is 5.91 Å². The summed E-state index contributed by atoms with van der Waals surface area (Å²) in [6.45, 7) is 0.729. The van der Waals surface area contributed by atoms with Crippen LogP contribution in [-0.4, -0.2) is 28.4 Å². The average Bonchev–Trinajstić information content (AvgIpc) is 3.08. The minimum atomic E-state index is -0.109. The number of nitrogens with zero attached hydrogens (tertiary/aromatic N) is 2. The molecule has 2 N–H and O–H groups in total. The maximum atomic E-state index is 12.2. The molecule has 2 heterocycles. The molecule has 0 radical (unpaired) electrons. The van der Waals surface area contributed by atoms with Gasteiger partial charge in [0.1, 0.15) is 0 Å². The second kappa shape index (κ2) is 5.87. The van der Waals surface area contributed by atoms with E-state index in [2.05, 4.69) is 5.10 Å². The van der Waals surface area contributed by atoms with Crippen molar-refractivity contribution in [3.63, 3.8) is 0 Å². The van der Waals surface area contributed by atoms with E-state index in [0.29, 0.717) is 22.8 Å². The molecule has 21 heavy (non-hydrogen) atoms. The van der Waals surface area contributed by atoms with Crippen LogP contribution in [0.5, 0.6) is 0 Å². The van der Waals surface area contributed by atoms with Gasteiger partial charge in [-0.25, -0.2) is 4.68 Å². The molecule has 0 saturated carbocycles. The highest BCUT2D eigenvalue weighted by molar-refractivity contribution is 6.30. The third-order valence-corrected chi connectivity index (χ3v) is 3.80. The molecule has 1 atom stereocenters. The highest BCUT2D eigenvalue weighted by Crippen LogP contribution is 2.27. The van der Waals surface area contributed by atoms with E-state index in [1.165, 1.54) is 4.68 Å². The molecular formula is C15H16ClN3O2. The van der Waals surface area contributed by atoms with Crippen LogP contribution in [0, 0.1) is 0 Å². The smallest absolute Gasteiger partial charge is 0.249 e. The zero-order valence-electron chi connectivity index (χ0n) is 11.5. The molecular weight excluding hydrogens is 290 g/mol. The van der Waals surface area contributed by atoms with Crippen LogP contribution in [0.2, 0.25) is 5.02 Å². The van der Waals surface area contributed by atoms with Crippen molar-refractivity contribution in [2.75, 3.05) is 12.3 Å². The van der Waals surface area contributed by atoms with Crippen LogP contribution in [0.4, 0.5) is 5.82 Å². The first-order chi connectivity index (χ1) is 10.1. The molecule has 0 spiro atoms. The molecule has 1 aromatic carbocycles. The molecule has 3 rings (SSSR count). The minimum absolute atomic E-state index is 0.00227. The van der Waals surface area contributed by atoms with Crippen molar-refractivity contribution in [1.82, 2.24) is 9.78 Å². The average molecular weight is 306 g/mol. The predicted molar refractivity (Wildman–Crippen MR) is 81.3 cm³/mol. The SMILES string of the molecule is Nc1nn(C(=O)CC2CCCO2)cc1-c1cccc(Cl)c1. The summed E-state index contributed by atoms with van der Waals surface area (Å²) in [5.74, 6) is 0.208. The third kappa shape index (κ3) is 3.09. The Morgan fingerprint density at radius 1 is 1.52 bits per heavy atom. The first-order valence-electron chi connectivity index (χ1n) is 6.89. The van der Waals surface area contributed by atoms with Crippen LogP contribution < -0.4 is 5.73 Å². The number of halogens is 1. The maximum Gasteiger partial charge on any atom is 0.249 e. The largest absolute Gasteiger partial charge is 0.382 e. The van der Waals surface area contributed by atoms with Crippen LogP contribution >= 0.6 is 11.6 Å². The topological polar surface area (TPSA) is 70.1 Å². The van der Waals surface area contributed by atoms with Crippen LogP contribution in [0.25, 0.3) is 11.1 Å². The molecule has 110 valence electrons. The highest BCUT2D eigenvalue weighted by Gasteiger charge is 2.21. The van der Waals surface area contributed by atoms with Gasteiger partial charge in [0.05, 0.1) is 12.5 Å². The second-order valence-corrected chi connectivity index (χ2v) is 5.55. The van der Waals surface area contributed by atoms with Crippen LogP contribution in [0.3, 0.4) is 0 Å². The molecule has 1 unspecified atom stereocenters. The Bertz CT molecular complexity index is 663. The molecule has 1 aromatic heterocycles. The molecule has 0 aliphatic carbocycles. The quantitative estimate of drug-likeness (QED) is 0.946. The molecule has 6 heteroatoms. The van der Waals surface area contributed by atoms with Gasteiger partial charge in [-0.05, 0) is 30.5 Å². The number of ether oxygens (including phenoxy) is 1. The van der Waals surface area contributed by atoms with E-state index in [4.69, 9.17) is 22.1 Å². The lowest BCUT2D eigenvalue weighted by Crippen LogP contribution is -2.19. The fourth-order valence-electron chi connectivity index (χ4n) is 2.49. The molecule has 1 fully saturated rings. The Morgan fingerprint density at radius 3 is 3.10 bits per heavy atom. The number of carbonyl (C=O) groups excluding carboxylic acids is 1. The minimum Gasteiger partial charge on any atom is -0.382 e. The lowest BCUT2D eigenvalue weighted by atomic mass is 10.1. The van der Waals surface area contributed by atoms with Gasteiger partial charge in [0.25, 0.3) is 0 Å². The summed E-state index contributed by atoms with van der Waals surface area (Å²) >= 11 is 5.98.